The zero-order chi connectivity index (χ0) is 19.2. The molecule has 2 rings (SSSR count). The molecule has 0 bridgehead atoms. The lowest BCUT2D eigenvalue weighted by molar-refractivity contribution is -0.123. The second kappa shape index (κ2) is 8.37. The van der Waals surface area contributed by atoms with Crippen molar-refractivity contribution in [2.24, 2.45) is 0 Å². The molecule has 0 aliphatic heterocycles. The first kappa shape index (κ1) is 19.3. The Morgan fingerprint density at radius 2 is 1.62 bits per heavy atom. The highest BCUT2D eigenvalue weighted by Crippen LogP contribution is 2.13. The van der Waals surface area contributed by atoms with Gasteiger partial charge in [-0.2, -0.15) is 13.2 Å². The molecule has 5 nitrogen and oxygen atoms in total. The van der Waals surface area contributed by atoms with Gasteiger partial charge in [0.1, 0.15) is 6.54 Å². The fourth-order valence-corrected chi connectivity index (χ4v) is 2.13. The average molecular weight is 365 g/mol. The van der Waals surface area contributed by atoms with Crippen LogP contribution in [0.15, 0.2) is 54.6 Å². The van der Waals surface area contributed by atoms with Crippen LogP contribution in [0.25, 0.3) is 0 Å². The summed E-state index contributed by atoms with van der Waals surface area (Å²) in [5.74, 6) is -0.802. The van der Waals surface area contributed by atoms with Crippen LogP contribution in [0.1, 0.15) is 15.9 Å². The summed E-state index contributed by atoms with van der Waals surface area (Å²) in [6, 6.07) is 14.7. The predicted octanol–water partition coefficient (Wildman–Crippen LogP) is 3.64. The Labute approximate surface area is 148 Å². The number of nitrogens with one attached hydrogen (secondary N) is 2. The van der Waals surface area contributed by atoms with Crippen LogP contribution in [0.2, 0.25) is 0 Å². The van der Waals surface area contributed by atoms with Crippen molar-refractivity contribution >= 4 is 17.6 Å². The van der Waals surface area contributed by atoms with Crippen LogP contribution >= 0.6 is 0 Å². The first-order valence-electron chi connectivity index (χ1n) is 7.75. The zero-order valence-electron chi connectivity index (χ0n) is 14.0. The van der Waals surface area contributed by atoms with Crippen molar-refractivity contribution in [1.29, 1.82) is 0 Å². The molecule has 0 aromatic heterocycles. The Kier molecular flexibility index (Phi) is 6.21. The number of halogens is 3. The molecule has 8 heteroatoms. The van der Waals surface area contributed by atoms with Gasteiger partial charge in [-0.25, -0.2) is 4.79 Å². The monoisotopic (exact) mass is 365 g/mol. The number of alkyl halides is 3. The summed E-state index contributed by atoms with van der Waals surface area (Å²) in [6.07, 6.45) is -4.45. The molecule has 0 spiro atoms. The number of carbonyl (C=O) groups is 2. The highest BCUT2D eigenvalue weighted by Gasteiger charge is 2.27. The van der Waals surface area contributed by atoms with Crippen LogP contribution in [0, 0.1) is 0 Å². The number of rotatable bonds is 5. The molecule has 0 heterocycles. The van der Waals surface area contributed by atoms with E-state index in [1.54, 1.807) is 48.8 Å². The van der Waals surface area contributed by atoms with E-state index in [1.165, 1.54) is 17.0 Å². The number of para-hydroxylation sites is 1. The van der Waals surface area contributed by atoms with E-state index in [9.17, 15) is 22.8 Å². The Bertz CT molecular complexity index is 747. The molecule has 0 unspecified atom stereocenters. The molecule has 0 atom stereocenters. The third-order valence-electron chi connectivity index (χ3n) is 3.46. The molecule has 2 aromatic rings. The molecule has 3 amide bonds. The summed E-state index contributed by atoms with van der Waals surface area (Å²) in [4.78, 5) is 25.2. The number of amides is 3. The standard InChI is InChI=1S/C18H18F3N3O2/c1-24(17(26)23-15-5-3-2-4-6-15)11-13-7-9-14(10-8-13)16(25)22-12-18(19,20)21/h2-10H,11-12H2,1H3,(H,22,25)(H,23,26). The minimum Gasteiger partial charge on any atom is -0.343 e. The van der Waals surface area contributed by atoms with Gasteiger partial charge < -0.3 is 15.5 Å². The first-order chi connectivity index (χ1) is 12.2. The van der Waals surface area contributed by atoms with Gasteiger partial charge in [0, 0.05) is 24.8 Å². The number of anilines is 1. The molecule has 0 radical (unpaired) electrons. The van der Waals surface area contributed by atoms with Crippen LogP contribution in [-0.4, -0.2) is 36.6 Å². The van der Waals surface area contributed by atoms with Gasteiger partial charge in [-0.3, -0.25) is 4.79 Å². The third-order valence-corrected chi connectivity index (χ3v) is 3.46. The van der Waals surface area contributed by atoms with E-state index in [0.717, 1.165) is 5.56 Å². The second-order valence-electron chi connectivity index (χ2n) is 5.65. The lowest BCUT2D eigenvalue weighted by atomic mass is 10.1. The molecule has 0 saturated carbocycles. The van der Waals surface area contributed by atoms with Gasteiger partial charge in [-0.15, -0.1) is 0 Å². The third kappa shape index (κ3) is 6.12. The van der Waals surface area contributed by atoms with Crippen molar-refractivity contribution in [3.8, 4) is 0 Å². The Balaban J connectivity index is 1.89. The molecule has 138 valence electrons. The summed E-state index contributed by atoms with van der Waals surface area (Å²) in [5, 5.41) is 4.54. The lowest BCUT2D eigenvalue weighted by Gasteiger charge is -2.18. The van der Waals surface area contributed by atoms with Crippen molar-refractivity contribution in [3.05, 3.63) is 65.7 Å². The average Bonchev–Trinajstić information content (AvgIpc) is 2.60. The maximum absolute atomic E-state index is 12.1. The van der Waals surface area contributed by atoms with Gasteiger partial charge in [0.2, 0.25) is 0 Å². The molecule has 0 fully saturated rings. The smallest absolute Gasteiger partial charge is 0.343 e. The number of hydrogen-bond donors (Lipinski definition) is 2. The quantitative estimate of drug-likeness (QED) is 0.850. The van der Waals surface area contributed by atoms with Gasteiger partial charge in [-0.1, -0.05) is 30.3 Å². The summed E-state index contributed by atoms with van der Waals surface area (Å²) in [6.45, 7) is -1.10. The van der Waals surface area contributed by atoms with Crippen LogP contribution in [0.4, 0.5) is 23.7 Å². The van der Waals surface area contributed by atoms with E-state index in [0.29, 0.717) is 5.69 Å². The normalized spacial score (nSPS) is 10.9. The first-order valence-corrected chi connectivity index (χ1v) is 7.75. The van der Waals surface area contributed by atoms with Crippen LogP contribution in [-0.2, 0) is 6.54 Å². The van der Waals surface area contributed by atoms with E-state index in [4.69, 9.17) is 0 Å². The molecule has 0 aliphatic carbocycles. The minimum absolute atomic E-state index is 0.120. The number of carbonyl (C=O) groups excluding carboxylic acids is 2. The van der Waals surface area contributed by atoms with Gasteiger partial charge >= 0.3 is 12.2 Å². The highest BCUT2D eigenvalue weighted by molar-refractivity contribution is 5.94. The van der Waals surface area contributed by atoms with Gasteiger partial charge in [0.15, 0.2) is 0 Å². The van der Waals surface area contributed by atoms with Crippen LogP contribution in [0.5, 0.6) is 0 Å². The topological polar surface area (TPSA) is 61.4 Å². The maximum atomic E-state index is 12.1. The molecule has 0 aliphatic rings. The van der Waals surface area contributed by atoms with E-state index in [-0.39, 0.29) is 18.1 Å². The Morgan fingerprint density at radius 3 is 2.19 bits per heavy atom. The second-order valence-corrected chi connectivity index (χ2v) is 5.65. The SMILES string of the molecule is CN(Cc1ccc(C(=O)NCC(F)(F)F)cc1)C(=O)Nc1ccccc1. The van der Waals surface area contributed by atoms with Gasteiger partial charge in [0.05, 0.1) is 0 Å². The van der Waals surface area contributed by atoms with E-state index < -0.39 is 18.6 Å². The predicted molar refractivity (Wildman–Crippen MR) is 91.8 cm³/mol. The number of hydrogen-bond acceptors (Lipinski definition) is 2. The Morgan fingerprint density at radius 1 is 1.00 bits per heavy atom. The Hall–Kier alpha value is -3.03. The summed E-state index contributed by atoms with van der Waals surface area (Å²) in [7, 11) is 1.61. The molecular formula is C18H18F3N3O2. The molecule has 2 aromatic carbocycles. The number of benzene rings is 2. The number of nitrogens with zero attached hydrogens (tertiary/aromatic N) is 1. The van der Waals surface area contributed by atoms with Crippen molar-refractivity contribution in [1.82, 2.24) is 10.2 Å². The van der Waals surface area contributed by atoms with Crippen molar-refractivity contribution in [2.75, 3.05) is 18.9 Å². The fourth-order valence-electron chi connectivity index (χ4n) is 2.13. The summed E-state index contributed by atoms with van der Waals surface area (Å²) >= 11 is 0. The maximum Gasteiger partial charge on any atom is 0.405 e. The lowest BCUT2D eigenvalue weighted by Crippen LogP contribution is -2.33. The van der Waals surface area contributed by atoms with Crippen LogP contribution in [0.3, 0.4) is 0 Å². The zero-order valence-corrected chi connectivity index (χ0v) is 14.0. The van der Waals surface area contributed by atoms with Crippen LogP contribution < -0.4 is 10.6 Å². The fraction of sp³-hybridized carbons (Fsp3) is 0.222. The molecule has 2 N–H and O–H groups in total. The van der Waals surface area contributed by atoms with Gasteiger partial charge in [0.25, 0.3) is 5.91 Å². The van der Waals surface area contributed by atoms with E-state index >= 15 is 0 Å². The largest absolute Gasteiger partial charge is 0.405 e. The summed E-state index contributed by atoms with van der Waals surface area (Å²) in [5.41, 5.74) is 1.53. The minimum atomic E-state index is -4.45. The van der Waals surface area contributed by atoms with E-state index in [1.807, 2.05) is 6.07 Å². The number of urea groups is 1. The van der Waals surface area contributed by atoms with Crippen molar-refractivity contribution in [2.45, 2.75) is 12.7 Å². The van der Waals surface area contributed by atoms with E-state index in [2.05, 4.69) is 5.32 Å². The molecular weight excluding hydrogens is 347 g/mol. The van der Waals surface area contributed by atoms with Crippen molar-refractivity contribution < 1.29 is 22.8 Å². The highest BCUT2D eigenvalue weighted by atomic mass is 19.4. The molecule has 26 heavy (non-hydrogen) atoms. The molecule has 0 saturated heterocycles. The summed E-state index contributed by atoms with van der Waals surface area (Å²) < 4.78 is 36.3. The van der Waals surface area contributed by atoms with Crippen molar-refractivity contribution in [3.63, 3.8) is 0 Å². The van der Waals surface area contributed by atoms with Gasteiger partial charge in [-0.05, 0) is 29.8 Å².